The molecular formula is C19H21N3O3. The van der Waals surface area contributed by atoms with E-state index in [0.29, 0.717) is 12.1 Å². The van der Waals surface area contributed by atoms with Crippen LogP contribution in [0.3, 0.4) is 0 Å². The van der Waals surface area contributed by atoms with Gasteiger partial charge in [0.2, 0.25) is 5.91 Å². The fourth-order valence-electron chi connectivity index (χ4n) is 2.36. The third kappa shape index (κ3) is 5.21. The van der Waals surface area contributed by atoms with E-state index in [1.165, 1.54) is 6.26 Å². The molecule has 0 atom stereocenters. The lowest BCUT2D eigenvalue weighted by Gasteiger charge is -2.27. The zero-order valence-electron chi connectivity index (χ0n) is 14.4. The minimum absolute atomic E-state index is 0.0314. The summed E-state index contributed by atoms with van der Waals surface area (Å²) in [5.74, 6) is -0.147. The molecule has 0 aliphatic rings. The Labute approximate surface area is 147 Å². The van der Waals surface area contributed by atoms with Crippen molar-refractivity contribution in [3.05, 3.63) is 59.5 Å². The van der Waals surface area contributed by atoms with Crippen LogP contribution in [0.1, 0.15) is 41.9 Å². The van der Waals surface area contributed by atoms with Gasteiger partial charge in [0.05, 0.1) is 17.9 Å². The van der Waals surface area contributed by atoms with E-state index in [4.69, 9.17) is 9.68 Å². The van der Waals surface area contributed by atoms with Crippen LogP contribution in [-0.2, 0) is 11.3 Å². The number of carbonyl (C=O) groups excluding carboxylic acids is 2. The summed E-state index contributed by atoms with van der Waals surface area (Å²) < 4.78 is 5.01. The molecule has 2 aromatic rings. The number of benzene rings is 1. The molecule has 1 N–H and O–H groups in total. The van der Waals surface area contributed by atoms with Crippen LogP contribution in [-0.4, -0.2) is 29.3 Å². The van der Waals surface area contributed by atoms with E-state index in [1.807, 2.05) is 26.0 Å². The van der Waals surface area contributed by atoms with Crippen molar-refractivity contribution in [3.8, 4) is 6.07 Å². The highest BCUT2D eigenvalue weighted by molar-refractivity contribution is 5.91. The van der Waals surface area contributed by atoms with Crippen LogP contribution >= 0.6 is 0 Å². The molecule has 25 heavy (non-hydrogen) atoms. The van der Waals surface area contributed by atoms with Gasteiger partial charge in [-0.05, 0) is 43.7 Å². The quantitative estimate of drug-likeness (QED) is 0.840. The Morgan fingerprint density at radius 2 is 1.96 bits per heavy atom. The van der Waals surface area contributed by atoms with Crippen molar-refractivity contribution >= 4 is 11.8 Å². The molecule has 0 aliphatic carbocycles. The molecule has 2 amide bonds. The summed E-state index contributed by atoms with van der Waals surface area (Å²) in [7, 11) is 0. The van der Waals surface area contributed by atoms with Gasteiger partial charge in [-0.1, -0.05) is 12.1 Å². The van der Waals surface area contributed by atoms with Crippen LogP contribution in [0.15, 0.2) is 47.1 Å². The zero-order valence-corrected chi connectivity index (χ0v) is 14.4. The van der Waals surface area contributed by atoms with Gasteiger partial charge in [0.25, 0.3) is 5.91 Å². The molecule has 0 spiro atoms. The molecular weight excluding hydrogens is 318 g/mol. The SMILES string of the molecule is CC(C)N(Cc1ccc(C#N)cc1)C(=O)CCNC(=O)c1ccco1. The van der Waals surface area contributed by atoms with Gasteiger partial charge in [0, 0.05) is 25.6 Å². The van der Waals surface area contributed by atoms with Gasteiger partial charge in [-0.15, -0.1) is 0 Å². The molecule has 0 saturated carbocycles. The first-order valence-electron chi connectivity index (χ1n) is 8.11. The van der Waals surface area contributed by atoms with Crippen molar-refractivity contribution in [1.82, 2.24) is 10.2 Å². The lowest BCUT2D eigenvalue weighted by molar-refractivity contribution is -0.133. The average Bonchev–Trinajstić information content (AvgIpc) is 3.14. The van der Waals surface area contributed by atoms with Crippen LogP contribution in [0.5, 0.6) is 0 Å². The van der Waals surface area contributed by atoms with E-state index in [2.05, 4.69) is 11.4 Å². The predicted octanol–water partition coefficient (Wildman–Crippen LogP) is 2.71. The lowest BCUT2D eigenvalue weighted by atomic mass is 10.1. The molecule has 1 heterocycles. The number of rotatable bonds is 7. The molecule has 0 aliphatic heterocycles. The van der Waals surface area contributed by atoms with Gasteiger partial charge in [0.15, 0.2) is 5.76 Å². The first-order valence-corrected chi connectivity index (χ1v) is 8.11. The van der Waals surface area contributed by atoms with Crippen molar-refractivity contribution in [1.29, 1.82) is 5.26 Å². The number of furan rings is 1. The average molecular weight is 339 g/mol. The van der Waals surface area contributed by atoms with Crippen molar-refractivity contribution in [3.63, 3.8) is 0 Å². The molecule has 130 valence electrons. The monoisotopic (exact) mass is 339 g/mol. The Bertz CT molecular complexity index is 743. The molecule has 0 fully saturated rings. The second kappa shape index (κ2) is 8.69. The second-order valence-electron chi connectivity index (χ2n) is 5.91. The largest absolute Gasteiger partial charge is 0.459 e. The molecule has 0 saturated heterocycles. The van der Waals surface area contributed by atoms with E-state index in [9.17, 15) is 9.59 Å². The number of nitriles is 1. The molecule has 6 nitrogen and oxygen atoms in total. The van der Waals surface area contributed by atoms with Gasteiger partial charge in [0.1, 0.15) is 0 Å². The maximum atomic E-state index is 12.5. The van der Waals surface area contributed by atoms with Gasteiger partial charge in [-0.25, -0.2) is 0 Å². The summed E-state index contributed by atoms with van der Waals surface area (Å²) in [6, 6.07) is 12.5. The van der Waals surface area contributed by atoms with Crippen LogP contribution in [0.2, 0.25) is 0 Å². The number of carbonyl (C=O) groups is 2. The molecule has 1 aromatic heterocycles. The van der Waals surface area contributed by atoms with Gasteiger partial charge in [-0.3, -0.25) is 9.59 Å². The van der Waals surface area contributed by atoms with Crippen molar-refractivity contribution in [2.45, 2.75) is 32.9 Å². The molecule has 0 radical (unpaired) electrons. The highest BCUT2D eigenvalue weighted by atomic mass is 16.3. The Balaban J connectivity index is 1.89. The van der Waals surface area contributed by atoms with Crippen molar-refractivity contribution in [2.24, 2.45) is 0 Å². The molecule has 2 rings (SSSR count). The van der Waals surface area contributed by atoms with Crippen molar-refractivity contribution < 1.29 is 14.0 Å². The van der Waals surface area contributed by atoms with Crippen molar-refractivity contribution in [2.75, 3.05) is 6.54 Å². The summed E-state index contributed by atoms with van der Waals surface area (Å²) in [5.41, 5.74) is 1.55. The minimum atomic E-state index is -0.332. The maximum absolute atomic E-state index is 12.5. The normalized spacial score (nSPS) is 10.3. The topological polar surface area (TPSA) is 86.3 Å². The van der Waals surface area contributed by atoms with E-state index >= 15 is 0 Å². The second-order valence-corrected chi connectivity index (χ2v) is 5.91. The van der Waals surface area contributed by atoms with Crippen LogP contribution in [0.4, 0.5) is 0 Å². The number of nitrogens with one attached hydrogen (secondary N) is 1. The molecule has 6 heteroatoms. The van der Waals surface area contributed by atoms with E-state index in [0.717, 1.165) is 5.56 Å². The Morgan fingerprint density at radius 1 is 1.24 bits per heavy atom. The summed E-state index contributed by atoms with van der Waals surface area (Å²) >= 11 is 0. The standard InChI is InChI=1S/C19H21N3O3/c1-14(2)22(13-16-7-5-15(12-20)6-8-16)18(23)9-10-21-19(24)17-4-3-11-25-17/h3-8,11,14H,9-10,13H2,1-2H3,(H,21,24). The predicted molar refractivity (Wildman–Crippen MR) is 92.5 cm³/mol. The first kappa shape index (κ1) is 18.3. The lowest BCUT2D eigenvalue weighted by Crippen LogP contribution is -2.38. The van der Waals surface area contributed by atoms with Gasteiger partial charge < -0.3 is 14.6 Å². The van der Waals surface area contributed by atoms with E-state index in [-0.39, 0.29) is 36.6 Å². The Kier molecular flexibility index (Phi) is 6.35. The van der Waals surface area contributed by atoms with Crippen LogP contribution in [0, 0.1) is 11.3 Å². The van der Waals surface area contributed by atoms with Crippen LogP contribution in [0.25, 0.3) is 0 Å². The van der Waals surface area contributed by atoms with E-state index in [1.54, 1.807) is 29.2 Å². The highest BCUT2D eigenvalue weighted by Gasteiger charge is 2.18. The van der Waals surface area contributed by atoms with Gasteiger partial charge in [-0.2, -0.15) is 5.26 Å². The third-order valence-corrected chi connectivity index (χ3v) is 3.75. The van der Waals surface area contributed by atoms with Gasteiger partial charge >= 0.3 is 0 Å². The zero-order chi connectivity index (χ0) is 18.2. The summed E-state index contributed by atoms with van der Waals surface area (Å²) in [6.07, 6.45) is 1.64. The van der Waals surface area contributed by atoms with E-state index < -0.39 is 0 Å². The number of hydrogen-bond donors (Lipinski definition) is 1. The Hall–Kier alpha value is -3.07. The molecule has 1 aromatic carbocycles. The molecule has 0 bridgehead atoms. The third-order valence-electron chi connectivity index (χ3n) is 3.75. The summed E-state index contributed by atoms with van der Waals surface area (Å²) in [4.78, 5) is 26.0. The minimum Gasteiger partial charge on any atom is -0.459 e. The first-order chi connectivity index (χ1) is 12.0. The number of amides is 2. The maximum Gasteiger partial charge on any atom is 0.286 e. The van der Waals surface area contributed by atoms with Crippen LogP contribution < -0.4 is 5.32 Å². The molecule has 0 unspecified atom stereocenters. The summed E-state index contributed by atoms with van der Waals surface area (Å²) in [6.45, 7) is 4.61. The Morgan fingerprint density at radius 3 is 2.52 bits per heavy atom. The smallest absolute Gasteiger partial charge is 0.286 e. The fourth-order valence-corrected chi connectivity index (χ4v) is 2.36. The summed E-state index contributed by atoms with van der Waals surface area (Å²) in [5, 5.41) is 11.5. The fraction of sp³-hybridized carbons (Fsp3) is 0.316. The number of hydrogen-bond acceptors (Lipinski definition) is 4. The highest BCUT2D eigenvalue weighted by Crippen LogP contribution is 2.11. The number of nitrogens with zero attached hydrogens (tertiary/aromatic N) is 2.